The highest BCUT2D eigenvalue weighted by Gasteiger charge is 2.04. The van der Waals surface area contributed by atoms with Crippen LogP contribution in [0, 0.1) is 5.82 Å². The molecule has 3 N–H and O–H groups in total. The summed E-state index contributed by atoms with van der Waals surface area (Å²) in [5, 5.41) is 3.14. The van der Waals surface area contributed by atoms with Crippen LogP contribution in [0.4, 0.5) is 4.39 Å². The van der Waals surface area contributed by atoms with E-state index in [0.29, 0.717) is 12.3 Å². The van der Waals surface area contributed by atoms with Gasteiger partial charge in [0.05, 0.1) is 0 Å². The van der Waals surface area contributed by atoms with Gasteiger partial charge in [0.2, 0.25) is 0 Å². The Bertz CT molecular complexity index is 634. The summed E-state index contributed by atoms with van der Waals surface area (Å²) >= 11 is 8.35. The van der Waals surface area contributed by atoms with Gasteiger partial charge in [0, 0.05) is 11.0 Å². The highest BCUT2D eigenvalue weighted by atomic mass is 79.9. The Hall–Kier alpha value is -2.19. The average Bonchev–Trinajstić information content (AvgIpc) is 2.59. The highest BCUT2D eigenvalue weighted by Crippen LogP contribution is 2.15. The standard InChI is InChI=1S/C16H15BrFN3O2S/c17-12-3-7-14(8-4-12)23-10-15(22)20-21-16(24)19-9-11-1-5-13(18)6-2-11/h1-8H,9-10H2,(H,20,22)(H2,19,21,24). The Kier molecular flexibility index (Phi) is 6.95. The summed E-state index contributed by atoms with van der Waals surface area (Å²) in [5.41, 5.74) is 5.86. The van der Waals surface area contributed by atoms with Crippen LogP contribution < -0.4 is 20.9 Å². The maximum absolute atomic E-state index is 12.8. The van der Waals surface area contributed by atoms with Crippen molar-refractivity contribution in [2.75, 3.05) is 6.61 Å². The highest BCUT2D eigenvalue weighted by molar-refractivity contribution is 9.10. The first-order valence-electron chi connectivity index (χ1n) is 6.98. The second-order valence-electron chi connectivity index (χ2n) is 4.72. The minimum absolute atomic E-state index is 0.144. The molecule has 0 aliphatic rings. The molecule has 0 saturated carbocycles. The number of ether oxygens (including phenoxy) is 1. The van der Waals surface area contributed by atoms with Gasteiger partial charge in [-0.3, -0.25) is 15.6 Å². The predicted molar refractivity (Wildman–Crippen MR) is 96.8 cm³/mol. The summed E-state index contributed by atoms with van der Waals surface area (Å²) in [6, 6.07) is 13.2. The van der Waals surface area contributed by atoms with Crippen LogP contribution in [0.3, 0.4) is 0 Å². The lowest BCUT2D eigenvalue weighted by atomic mass is 10.2. The summed E-state index contributed by atoms with van der Waals surface area (Å²) in [6.45, 7) is 0.270. The van der Waals surface area contributed by atoms with Crippen LogP contribution >= 0.6 is 28.1 Å². The van der Waals surface area contributed by atoms with Crippen molar-refractivity contribution < 1.29 is 13.9 Å². The fourth-order valence-corrected chi connectivity index (χ4v) is 2.06. The van der Waals surface area contributed by atoms with Crippen LogP contribution in [0.1, 0.15) is 5.56 Å². The lowest BCUT2D eigenvalue weighted by molar-refractivity contribution is -0.123. The van der Waals surface area contributed by atoms with Crippen LogP contribution in [-0.2, 0) is 11.3 Å². The van der Waals surface area contributed by atoms with Gasteiger partial charge in [0.1, 0.15) is 11.6 Å². The molecule has 2 aromatic rings. The molecule has 0 bridgehead atoms. The monoisotopic (exact) mass is 411 g/mol. The van der Waals surface area contributed by atoms with Gasteiger partial charge in [0.15, 0.2) is 11.7 Å². The largest absolute Gasteiger partial charge is 0.484 e. The van der Waals surface area contributed by atoms with Gasteiger partial charge in [0.25, 0.3) is 5.91 Å². The number of amides is 1. The molecule has 0 aliphatic heterocycles. The molecule has 0 aliphatic carbocycles. The first kappa shape index (κ1) is 18.2. The van der Waals surface area contributed by atoms with E-state index in [1.807, 2.05) is 12.1 Å². The van der Waals surface area contributed by atoms with Gasteiger partial charge >= 0.3 is 0 Å². The fraction of sp³-hybridized carbons (Fsp3) is 0.125. The van der Waals surface area contributed by atoms with E-state index in [-0.39, 0.29) is 23.4 Å². The number of halogens is 2. The number of nitrogens with one attached hydrogen (secondary N) is 3. The molecule has 0 radical (unpaired) electrons. The molecule has 1 amide bonds. The van der Waals surface area contributed by atoms with E-state index >= 15 is 0 Å². The summed E-state index contributed by atoms with van der Waals surface area (Å²) in [5.74, 6) is -0.0771. The maximum Gasteiger partial charge on any atom is 0.276 e. The van der Waals surface area contributed by atoms with Crippen LogP contribution in [0.2, 0.25) is 0 Å². The number of hydrogen-bond donors (Lipinski definition) is 3. The van der Waals surface area contributed by atoms with E-state index in [2.05, 4.69) is 32.1 Å². The number of carbonyl (C=O) groups excluding carboxylic acids is 1. The number of rotatable bonds is 5. The zero-order valence-corrected chi connectivity index (χ0v) is 14.9. The second-order valence-corrected chi connectivity index (χ2v) is 6.05. The molecule has 0 fully saturated rings. The SMILES string of the molecule is O=C(COc1ccc(Br)cc1)NNC(=S)NCc1ccc(F)cc1. The lowest BCUT2D eigenvalue weighted by Gasteiger charge is -2.12. The number of thiocarbonyl (C=S) groups is 1. The quantitative estimate of drug-likeness (QED) is 0.521. The molecular weight excluding hydrogens is 397 g/mol. The Morgan fingerprint density at radius 3 is 2.42 bits per heavy atom. The topological polar surface area (TPSA) is 62.4 Å². The van der Waals surface area contributed by atoms with Crippen molar-refractivity contribution in [3.63, 3.8) is 0 Å². The Balaban J connectivity index is 1.64. The van der Waals surface area contributed by atoms with Crippen molar-refractivity contribution in [1.82, 2.24) is 16.2 Å². The Labute approximate surface area is 152 Å². The van der Waals surface area contributed by atoms with Gasteiger partial charge in [-0.15, -0.1) is 0 Å². The van der Waals surface area contributed by atoms with Crippen LogP contribution in [0.25, 0.3) is 0 Å². The fourth-order valence-electron chi connectivity index (χ4n) is 1.67. The van der Waals surface area contributed by atoms with Crippen LogP contribution in [0.15, 0.2) is 53.0 Å². The summed E-state index contributed by atoms with van der Waals surface area (Å²) < 4.78 is 19.0. The van der Waals surface area contributed by atoms with Gasteiger partial charge in [-0.05, 0) is 54.2 Å². The van der Waals surface area contributed by atoms with E-state index in [4.69, 9.17) is 17.0 Å². The van der Waals surface area contributed by atoms with Crippen molar-refractivity contribution >= 4 is 39.2 Å². The zero-order valence-electron chi connectivity index (χ0n) is 12.5. The molecule has 0 saturated heterocycles. The average molecular weight is 412 g/mol. The molecule has 2 aromatic carbocycles. The van der Waals surface area contributed by atoms with E-state index < -0.39 is 0 Å². The van der Waals surface area contributed by atoms with Gasteiger partial charge in [-0.2, -0.15) is 0 Å². The molecule has 2 rings (SSSR count). The Morgan fingerprint density at radius 2 is 1.75 bits per heavy atom. The first-order valence-corrected chi connectivity index (χ1v) is 8.18. The minimum Gasteiger partial charge on any atom is -0.484 e. The van der Waals surface area contributed by atoms with Crippen LogP contribution in [0.5, 0.6) is 5.75 Å². The van der Waals surface area contributed by atoms with E-state index in [1.54, 1.807) is 24.3 Å². The molecule has 8 heteroatoms. The second kappa shape index (κ2) is 9.19. The van der Waals surface area contributed by atoms with Crippen molar-refractivity contribution in [3.05, 3.63) is 64.4 Å². The summed E-state index contributed by atoms with van der Waals surface area (Å²) in [4.78, 5) is 11.7. The van der Waals surface area contributed by atoms with Crippen molar-refractivity contribution in [1.29, 1.82) is 0 Å². The van der Waals surface area contributed by atoms with Crippen LogP contribution in [-0.4, -0.2) is 17.6 Å². The minimum atomic E-state index is -0.371. The molecule has 24 heavy (non-hydrogen) atoms. The molecule has 0 atom stereocenters. The predicted octanol–water partition coefficient (Wildman–Crippen LogP) is 2.66. The number of hydrogen-bond acceptors (Lipinski definition) is 3. The number of benzene rings is 2. The van der Waals surface area contributed by atoms with Crippen molar-refractivity contribution in [2.45, 2.75) is 6.54 Å². The van der Waals surface area contributed by atoms with Gasteiger partial charge < -0.3 is 10.1 Å². The molecule has 126 valence electrons. The lowest BCUT2D eigenvalue weighted by Crippen LogP contribution is -2.48. The van der Waals surface area contributed by atoms with Gasteiger partial charge in [-0.1, -0.05) is 28.1 Å². The van der Waals surface area contributed by atoms with E-state index in [0.717, 1.165) is 10.0 Å². The van der Waals surface area contributed by atoms with Crippen molar-refractivity contribution in [2.24, 2.45) is 0 Å². The molecular formula is C16H15BrFN3O2S. The van der Waals surface area contributed by atoms with E-state index in [9.17, 15) is 9.18 Å². The molecule has 0 aromatic heterocycles. The molecule has 0 spiro atoms. The molecule has 5 nitrogen and oxygen atoms in total. The summed E-state index contributed by atoms with van der Waals surface area (Å²) in [7, 11) is 0. The molecule has 0 unspecified atom stereocenters. The van der Waals surface area contributed by atoms with E-state index in [1.165, 1.54) is 12.1 Å². The third-order valence-electron chi connectivity index (χ3n) is 2.87. The number of hydrazine groups is 1. The number of carbonyl (C=O) groups is 1. The maximum atomic E-state index is 12.8. The first-order chi connectivity index (χ1) is 11.5. The zero-order chi connectivity index (χ0) is 17.4. The molecule has 0 heterocycles. The summed E-state index contributed by atoms with van der Waals surface area (Å²) in [6.07, 6.45) is 0. The third-order valence-corrected chi connectivity index (χ3v) is 3.64. The van der Waals surface area contributed by atoms with Gasteiger partial charge in [-0.25, -0.2) is 4.39 Å². The van der Waals surface area contributed by atoms with Crippen molar-refractivity contribution in [3.8, 4) is 5.75 Å². The smallest absolute Gasteiger partial charge is 0.276 e. The third kappa shape index (κ3) is 6.51. The normalized spacial score (nSPS) is 9.92. The Morgan fingerprint density at radius 1 is 1.08 bits per heavy atom.